The van der Waals surface area contributed by atoms with Gasteiger partial charge in [-0.05, 0) is 41.3 Å². The molecule has 4 rings (SSSR count). The maximum absolute atomic E-state index is 12.4. The van der Waals surface area contributed by atoms with E-state index in [9.17, 15) is 9.59 Å². The fourth-order valence-corrected chi connectivity index (χ4v) is 3.92. The van der Waals surface area contributed by atoms with E-state index in [1.807, 2.05) is 18.2 Å². The minimum Gasteiger partial charge on any atom is -0.353 e. The van der Waals surface area contributed by atoms with E-state index in [2.05, 4.69) is 39.9 Å². The number of hydrogen-bond acceptors (Lipinski definition) is 4. The number of carbonyl (C=O) groups is 2. The molecule has 0 atom stereocenters. The molecule has 2 aromatic carbocycles. The molecule has 156 valence electrons. The van der Waals surface area contributed by atoms with Gasteiger partial charge in [0, 0.05) is 37.6 Å². The van der Waals surface area contributed by atoms with E-state index in [1.54, 1.807) is 12.1 Å². The Balaban J connectivity index is 1.24. The predicted molar refractivity (Wildman–Crippen MR) is 117 cm³/mol. The van der Waals surface area contributed by atoms with Gasteiger partial charge in [0.15, 0.2) is 0 Å². The van der Waals surface area contributed by atoms with Crippen LogP contribution in [-0.4, -0.2) is 47.9 Å². The fraction of sp³-hybridized carbons (Fsp3) is 0.304. The van der Waals surface area contributed by atoms with Crippen molar-refractivity contribution in [3.05, 3.63) is 76.3 Å². The van der Waals surface area contributed by atoms with Crippen molar-refractivity contribution in [3.63, 3.8) is 0 Å². The monoisotopic (exact) mass is 424 g/mol. The number of nitrogens with zero attached hydrogens (tertiary/aromatic N) is 2. The Kier molecular flexibility index (Phi) is 6.35. The number of amides is 2. The van der Waals surface area contributed by atoms with Gasteiger partial charge in [0.1, 0.15) is 6.54 Å². The van der Waals surface area contributed by atoms with Crippen LogP contribution in [0, 0.1) is 0 Å². The maximum Gasteiger partial charge on any atom is 0.245 e. The first kappa shape index (κ1) is 20.4. The molecule has 6 nitrogen and oxygen atoms in total. The number of benzene rings is 2. The molecule has 0 bridgehead atoms. The Hall–Kier alpha value is -2.83. The van der Waals surface area contributed by atoms with Gasteiger partial charge < -0.3 is 5.32 Å². The van der Waals surface area contributed by atoms with Crippen LogP contribution in [0.25, 0.3) is 5.70 Å². The Morgan fingerprint density at radius 1 is 1.10 bits per heavy atom. The highest BCUT2D eigenvalue weighted by atomic mass is 35.5. The SMILES string of the molecule is O=C(CN1NC(c2ccc(Cl)cc2)=CCC1=O)NCCN1CCc2ccccc2C1. The molecule has 0 unspecified atom stereocenters. The number of halogens is 1. The summed E-state index contributed by atoms with van der Waals surface area (Å²) in [6, 6.07) is 15.9. The summed E-state index contributed by atoms with van der Waals surface area (Å²) >= 11 is 5.94. The lowest BCUT2D eigenvalue weighted by Crippen LogP contribution is -2.50. The van der Waals surface area contributed by atoms with Crippen molar-refractivity contribution < 1.29 is 9.59 Å². The molecule has 0 radical (unpaired) electrons. The first-order chi connectivity index (χ1) is 14.6. The first-order valence-corrected chi connectivity index (χ1v) is 10.6. The first-order valence-electron chi connectivity index (χ1n) is 10.2. The molecule has 2 aliphatic rings. The molecule has 7 heteroatoms. The smallest absolute Gasteiger partial charge is 0.245 e. The standard InChI is InChI=1S/C23H25ClN4O2/c24-20-7-5-18(6-8-20)21-9-10-23(30)28(26-21)16-22(29)25-12-14-27-13-11-17-3-1-2-4-19(17)15-27/h1-9,26H,10-16H2,(H,25,29). The van der Waals surface area contributed by atoms with Gasteiger partial charge >= 0.3 is 0 Å². The van der Waals surface area contributed by atoms with Crippen LogP contribution in [0.1, 0.15) is 23.1 Å². The molecule has 0 fully saturated rings. The third-order valence-electron chi connectivity index (χ3n) is 5.45. The second kappa shape index (κ2) is 9.32. The van der Waals surface area contributed by atoms with Crippen molar-refractivity contribution in [2.45, 2.75) is 19.4 Å². The summed E-state index contributed by atoms with van der Waals surface area (Å²) in [6.07, 6.45) is 3.12. The van der Waals surface area contributed by atoms with E-state index in [4.69, 9.17) is 11.6 Å². The van der Waals surface area contributed by atoms with Gasteiger partial charge in [-0.3, -0.25) is 19.9 Å². The lowest BCUT2D eigenvalue weighted by atomic mass is 10.00. The van der Waals surface area contributed by atoms with Crippen molar-refractivity contribution in [3.8, 4) is 0 Å². The summed E-state index contributed by atoms with van der Waals surface area (Å²) in [5.74, 6) is -0.305. The number of hydrazine groups is 1. The molecule has 0 aliphatic carbocycles. The summed E-state index contributed by atoms with van der Waals surface area (Å²) in [6.45, 7) is 3.23. The molecular formula is C23H25ClN4O2. The largest absolute Gasteiger partial charge is 0.353 e. The van der Waals surface area contributed by atoms with Crippen molar-refractivity contribution >= 4 is 29.1 Å². The van der Waals surface area contributed by atoms with E-state index in [-0.39, 0.29) is 24.8 Å². The highest BCUT2D eigenvalue weighted by Crippen LogP contribution is 2.20. The number of hydrogen-bond donors (Lipinski definition) is 2. The zero-order valence-electron chi connectivity index (χ0n) is 16.7. The fourth-order valence-electron chi connectivity index (χ4n) is 3.79. The number of fused-ring (bicyclic) bond motifs is 1. The third kappa shape index (κ3) is 5.01. The van der Waals surface area contributed by atoms with Gasteiger partial charge in [-0.1, -0.05) is 48.0 Å². The van der Waals surface area contributed by atoms with Crippen LogP contribution in [0.2, 0.25) is 5.02 Å². The second-order valence-electron chi connectivity index (χ2n) is 7.57. The second-order valence-corrected chi connectivity index (χ2v) is 8.00. The van der Waals surface area contributed by atoms with Crippen molar-refractivity contribution in [2.75, 3.05) is 26.2 Å². The van der Waals surface area contributed by atoms with E-state index in [1.165, 1.54) is 16.1 Å². The molecule has 2 amide bonds. The Labute approximate surface area is 181 Å². The van der Waals surface area contributed by atoms with Gasteiger partial charge in [-0.15, -0.1) is 0 Å². The van der Waals surface area contributed by atoms with Gasteiger partial charge in [-0.2, -0.15) is 0 Å². The molecule has 0 saturated heterocycles. The van der Waals surface area contributed by atoms with E-state index < -0.39 is 0 Å². The van der Waals surface area contributed by atoms with Crippen LogP contribution >= 0.6 is 11.6 Å². The van der Waals surface area contributed by atoms with Gasteiger partial charge in [-0.25, -0.2) is 5.01 Å². The quantitative estimate of drug-likeness (QED) is 0.748. The van der Waals surface area contributed by atoms with Crippen LogP contribution in [-0.2, 0) is 22.6 Å². The molecule has 2 N–H and O–H groups in total. The van der Waals surface area contributed by atoms with Crippen LogP contribution < -0.4 is 10.7 Å². The lowest BCUT2D eigenvalue weighted by Gasteiger charge is -2.30. The Bertz CT molecular complexity index is 958. The average Bonchev–Trinajstić information content (AvgIpc) is 2.76. The molecule has 0 aromatic heterocycles. The Morgan fingerprint density at radius 3 is 2.67 bits per heavy atom. The lowest BCUT2D eigenvalue weighted by molar-refractivity contribution is -0.137. The molecule has 0 spiro atoms. The highest BCUT2D eigenvalue weighted by molar-refractivity contribution is 6.30. The summed E-state index contributed by atoms with van der Waals surface area (Å²) in [4.78, 5) is 26.9. The normalized spacial score (nSPS) is 16.5. The number of carbonyl (C=O) groups excluding carboxylic acids is 2. The zero-order valence-corrected chi connectivity index (χ0v) is 17.5. The molecule has 2 heterocycles. The van der Waals surface area contributed by atoms with Crippen LogP contribution in [0.5, 0.6) is 0 Å². The highest BCUT2D eigenvalue weighted by Gasteiger charge is 2.22. The van der Waals surface area contributed by atoms with Crippen molar-refractivity contribution in [2.24, 2.45) is 0 Å². The van der Waals surface area contributed by atoms with Gasteiger partial charge in [0.05, 0.1) is 5.70 Å². The average molecular weight is 425 g/mol. The molecular weight excluding hydrogens is 400 g/mol. The van der Waals surface area contributed by atoms with Crippen LogP contribution in [0.4, 0.5) is 0 Å². The molecule has 2 aromatic rings. The van der Waals surface area contributed by atoms with Crippen molar-refractivity contribution in [1.82, 2.24) is 20.7 Å². The number of nitrogens with one attached hydrogen (secondary N) is 2. The predicted octanol–water partition coefficient (Wildman–Crippen LogP) is 2.59. The third-order valence-corrected chi connectivity index (χ3v) is 5.71. The van der Waals surface area contributed by atoms with E-state index in [0.29, 0.717) is 11.6 Å². The van der Waals surface area contributed by atoms with Gasteiger partial charge in [0.25, 0.3) is 0 Å². The Morgan fingerprint density at radius 2 is 1.87 bits per heavy atom. The maximum atomic E-state index is 12.4. The summed E-state index contributed by atoms with van der Waals surface area (Å²) in [7, 11) is 0. The molecule has 2 aliphatic heterocycles. The minimum absolute atomic E-state index is 0.0212. The van der Waals surface area contributed by atoms with E-state index >= 15 is 0 Å². The summed E-state index contributed by atoms with van der Waals surface area (Å²) in [5.41, 5.74) is 7.54. The molecule has 0 saturated carbocycles. The zero-order chi connectivity index (χ0) is 20.9. The van der Waals surface area contributed by atoms with Crippen LogP contribution in [0.3, 0.4) is 0 Å². The summed E-state index contributed by atoms with van der Waals surface area (Å²) < 4.78 is 0. The van der Waals surface area contributed by atoms with Crippen LogP contribution in [0.15, 0.2) is 54.6 Å². The van der Waals surface area contributed by atoms with Gasteiger partial charge in [0.2, 0.25) is 11.8 Å². The molecule has 30 heavy (non-hydrogen) atoms. The topological polar surface area (TPSA) is 64.7 Å². The van der Waals surface area contributed by atoms with Crippen molar-refractivity contribution in [1.29, 1.82) is 0 Å². The summed E-state index contributed by atoms with van der Waals surface area (Å²) in [5, 5.41) is 4.96. The number of rotatable bonds is 6. The van der Waals surface area contributed by atoms with E-state index in [0.717, 1.165) is 37.3 Å². The minimum atomic E-state index is -0.175.